The van der Waals surface area contributed by atoms with Crippen LogP contribution in [0.2, 0.25) is 5.02 Å². The molecule has 1 aromatic carbocycles. The number of benzene rings is 1. The van der Waals surface area contributed by atoms with Crippen molar-refractivity contribution in [3.63, 3.8) is 0 Å². The number of rotatable bonds is 4. The summed E-state index contributed by atoms with van der Waals surface area (Å²) < 4.78 is 18.7. The molecular formula is C16H14ClFN2O3S. The minimum atomic E-state index is -1.02. The van der Waals surface area contributed by atoms with Crippen LogP contribution in [0.4, 0.5) is 4.39 Å². The van der Waals surface area contributed by atoms with Gasteiger partial charge in [0.2, 0.25) is 0 Å². The maximum Gasteiger partial charge on any atom is 0.350 e. The molecule has 0 spiro atoms. The van der Waals surface area contributed by atoms with Crippen molar-refractivity contribution < 1.29 is 18.7 Å². The first-order valence-corrected chi connectivity index (χ1v) is 8.09. The second-order valence-corrected chi connectivity index (χ2v) is 7.02. The largest absolute Gasteiger partial charge is 0.451 e. The van der Waals surface area contributed by atoms with Crippen LogP contribution in [-0.2, 0) is 9.53 Å². The summed E-state index contributed by atoms with van der Waals surface area (Å²) in [6, 6.07) is 5.99. The predicted molar refractivity (Wildman–Crippen MR) is 89.5 cm³/mol. The fourth-order valence-corrected chi connectivity index (χ4v) is 3.27. The van der Waals surface area contributed by atoms with Crippen LogP contribution in [0.3, 0.4) is 0 Å². The lowest BCUT2D eigenvalue weighted by Crippen LogP contribution is -2.45. The monoisotopic (exact) mass is 368 g/mol. The second-order valence-electron chi connectivity index (χ2n) is 5.59. The van der Waals surface area contributed by atoms with Crippen molar-refractivity contribution in [2.24, 2.45) is 0 Å². The first-order valence-electron chi connectivity index (χ1n) is 6.90. The molecular weight excluding hydrogens is 355 g/mol. The lowest BCUT2D eigenvalue weighted by atomic mass is 10.1. The van der Waals surface area contributed by atoms with Crippen LogP contribution in [0.15, 0.2) is 18.2 Å². The van der Waals surface area contributed by atoms with E-state index in [1.807, 2.05) is 6.07 Å². The molecule has 8 heteroatoms. The highest BCUT2D eigenvalue weighted by atomic mass is 35.5. The average molecular weight is 369 g/mol. The molecule has 0 N–H and O–H groups in total. The van der Waals surface area contributed by atoms with Crippen LogP contribution in [0.25, 0.3) is 10.1 Å². The molecule has 0 unspecified atom stereocenters. The van der Waals surface area contributed by atoms with Gasteiger partial charge in [0.15, 0.2) is 6.61 Å². The van der Waals surface area contributed by atoms with Gasteiger partial charge < -0.3 is 9.64 Å². The van der Waals surface area contributed by atoms with E-state index in [1.165, 1.54) is 30.1 Å². The number of carbonyl (C=O) groups is 2. The third-order valence-electron chi connectivity index (χ3n) is 3.59. The summed E-state index contributed by atoms with van der Waals surface area (Å²) in [5, 5.41) is 9.72. The van der Waals surface area contributed by atoms with Crippen LogP contribution >= 0.6 is 22.9 Å². The van der Waals surface area contributed by atoms with E-state index < -0.39 is 29.8 Å². The Morgan fingerprint density at radius 1 is 1.46 bits per heavy atom. The fourth-order valence-electron chi connectivity index (χ4n) is 1.85. The number of ether oxygens (including phenoxy) is 1. The van der Waals surface area contributed by atoms with Gasteiger partial charge >= 0.3 is 5.97 Å². The Labute approximate surface area is 147 Å². The van der Waals surface area contributed by atoms with Crippen LogP contribution in [-0.4, -0.2) is 36.0 Å². The van der Waals surface area contributed by atoms with E-state index in [0.717, 1.165) is 11.3 Å². The van der Waals surface area contributed by atoms with E-state index in [1.54, 1.807) is 13.8 Å². The highest BCUT2D eigenvalue weighted by Gasteiger charge is 2.28. The summed E-state index contributed by atoms with van der Waals surface area (Å²) in [5.41, 5.74) is -1.02. The van der Waals surface area contributed by atoms with Crippen LogP contribution in [0.5, 0.6) is 0 Å². The molecule has 0 saturated heterocycles. The molecule has 0 fully saturated rings. The highest BCUT2D eigenvalue weighted by Crippen LogP contribution is 2.36. The maximum atomic E-state index is 13.2. The van der Waals surface area contributed by atoms with Gasteiger partial charge in [0.05, 0.1) is 11.1 Å². The molecule has 2 rings (SSSR count). The molecule has 24 heavy (non-hydrogen) atoms. The molecule has 0 aliphatic rings. The van der Waals surface area contributed by atoms with E-state index in [4.69, 9.17) is 21.6 Å². The Morgan fingerprint density at radius 3 is 2.75 bits per heavy atom. The number of thiophene rings is 1. The molecule has 0 saturated carbocycles. The van der Waals surface area contributed by atoms with Crippen LogP contribution in [0, 0.1) is 17.1 Å². The lowest BCUT2D eigenvalue weighted by molar-refractivity contribution is -0.136. The van der Waals surface area contributed by atoms with Gasteiger partial charge in [-0.1, -0.05) is 11.6 Å². The van der Waals surface area contributed by atoms with E-state index in [0.29, 0.717) is 10.1 Å². The summed E-state index contributed by atoms with van der Waals surface area (Å²) in [4.78, 5) is 25.4. The number of likely N-dealkylation sites (N-methyl/N-ethyl adjacent to an activating group) is 1. The number of hydrogen-bond acceptors (Lipinski definition) is 5. The summed E-state index contributed by atoms with van der Waals surface area (Å²) in [5.74, 6) is -1.72. The number of carbonyl (C=O) groups excluding carboxylic acids is 2. The number of hydrogen-bond donors (Lipinski definition) is 0. The van der Waals surface area contributed by atoms with Gasteiger partial charge in [0, 0.05) is 17.1 Å². The van der Waals surface area contributed by atoms with Gasteiger partial charge in [-0.3, -0.25) is 4.79 Å². The average Bonchev–Trinajstić information content (AvgIpc) is 2.87. The molecule has 126 valence electrons. The SMILES string of the molecule is CN(C(=O)COC(=O)c1sc2cc(F)ccc2c1Cl)C(C)(C)C#N. The standard InChI is InChI=1S/C16H14ClFN2O3S/c1-16(2,8-19)20(3)12(21)7-23-15(22)14-13(17)10-5-4-9(18)6-11(10)24-14/h4-6H,7H2,1-3H3. The Kier molecular flexibility index (Phi) is 5.11. The number of amides is 1. The van der Waals surface area contributed by atoms with Crippen molar-refractivity contribution in [3.05, 3.63) is 33.9 Å². The first kappa shape index (κ1) is 18.2. The van der Waals surface area contributed by atoms with Crippen molar-refractivity contribution in [2.45, 2.75) is 19.4 Å². The first-order chi connectivity index (χ1) is 11.2. The molecule has 1 amide bonds. The zero-order chi connectivity index (χ0) is 18.1. The molecule has 0 atom stereocenters. The Morgan fingerprint density at radius 2 is 2.12 bits per heavy atom. The van der Waals surface area contributed by atoms with Crippen LogP contribution in [0.1, 0.15) is 23.5 Å². The van der Waals surface area contributed by atoms with Gasteiger partial charge in [-0.25, -0.2) is 9.18 Å². The summed E-state index contributed by atoms with van der Waals surface area (Å²) in [6.07, 6.45) is 0. The number of fused-ring (bicyclic) bond motifs is 1. The van der Waals surface area contributed by atoms with E-state index in [9.17, 15) is 14.0 Å². The number of nitriles is 1. The quantitative estimate of drug-likeness (QED) is 0.773. The highest BCUT2D eigenvalue weighted by molar-refractivity contribution is 7.21. The Bertz CT molecular complexity index is 857. The van der Waals surface area contributed by atoms with Crippen LogP contribution < -0.4 is 0 Å². The van der Waals surface area contributed by atoms with Crippen molar-refractivity contribution in [1.82, 2.24) is 4.90 Å². The zero-order valence-corrected chi connectivity index (χ0v) is 14.8. The smallest absolute Gasteiger partial charge is 0.350 e. The molecule has 0 aliphatic carbocycles. The van der Waals surface area contributed by atoms with Gasteiger partial charge in [0.25, 0.3) is 5.91 Å². The molecule has 2 aromatic rings. The normalized spacial score (nSPS) is 11.2. The molecule has 1 aromatic heterocycles. The van der Waals surface area contributed by atoms with Gasteiger partial charge in [-0.15, -0.1) is 11.3 Å². The topological polar surface area (TPSA) is 70.4 Å². The van der Waals surface area contributed by atoms with E-state index >= 15 is 0 Å². The lowest BCUT2D eigenvalue weighted by Gasteiger charge is -2.28. The van der Waals surface area contributed by atoms with Crippen molar-refractivity contribution in [1.29, 1.82) is 5.26 Å². The van der Waals surface area contributed by atoms with Crippen molar-refractivity contribution >= 4 is 44.9 Å². The third kappa shape index (κ3) is 3.50. The number of nitrogens with zero attached hydrogens (tertiary/aromatic N) is 2. The van der Waals surface area contributed by atoms with Gasteiger partial charge in [-0.2, -0.15) is 5.26 Å². The molecule has 0 aliphatic heterocycles. The minimum Gasteiger partial charge on any atom is -0.451 e. The second kappa shape index (κ2) is 6.75. The predicted octanol–water partition coefficient (Wildman–Crippen LogP) is 3.61. The van der Waals surface area contributed by atoms with E-state index in [2.05, 4.69) is 0 Å². The number of halogens is 2. The Balaban J connectivity index is 2.12. The fraction of sp³-hybridized carbons (Fsp3) is 0.312. The van der Waals surface area contributed by atoms with Gasteiger partial charge in [-0.05, 0) is 32.0 Å². The maximum absolute atomic E-state index is 13.2. The minimum absolute atomic E-state index is 0.104. The van der Waals surface area contributed by atoms with Crippen molar-refractivity contribution in [3.8, 4) is 6.07 Å². The zero-order valence-electron chi connectivity index (χ0n) is 13.2. The summed E-state index contributed by atoms with van der Waals surface area (Å²) in [6.45, 7) is 2.63. The molecule has 5 nitrogen and oxygen atoms in total. The number of esters is 1. The molecule has 1 heterocycles. The van der Waals surface area contributed by atoms with E-state index in [-0.39, 0.29) is 9.90 Å². The summed E-state index contributed by atoms with van der Waals surface area (Å²) >= 11 is 7.12. The summed E-state index contributed by atoms with van der Waals surface area (Å²) in [7, 11) is 1.45. The molecule has 0 radical (unpaired) electrons. The molecule has 0 bridgehead atoms. The van der Waals surface area contributed by atoms with Crippen molar-refractivity contribution in [2.75, 3.05) is 13.7 Å². The third-order valence-corrected chi connectivity index (χ3v) is 5.23. The Hall–Kier alpha value is -2.17. The van der Waals surface area contributed by atoms with Gasteiger partial charge in [0.1, 0.15) is 16.2 Å².